The van der Waals surface area contributed by atoms with Gasteiger partial charge in [-0.05, 0) is 56.7 Å². The van der Waals surface area contributed by atoms with E-state index in [1.54, 1.807) is 0 Å². The fraction of sp³-hybridized carbons (Fsp3) is 0.278. The maximum Gasteiger partial charge on any atom is 0.127 e. The van der Waals surface area contributed by atoms with E-state index < -0.39 is 0 Å². The van der Waals surface area contributed by atoms with Crippen LogP contribution in [-0.4, -0.2) is 6.61 Å². The molecule has 2 aromatic carbocycles. The molecule has 0 aromatic heterocycles. The van der Waals surface area contributed by atoms with E-state index in [2.05, 4.69) is 6.07 Å². The Labute approximate surface area is 125 Å². The molecule has 0 spiro atoms. The molecule has 0 saturated heterocycles. The van der Waals surface area contributed by atoms with Crippen molar-refractivity contribution in [2.45, 2.75) is 20.3 Å². The SMILES string of the molecule is CC(C)(C#N)CCOc1ccc(Oc2ccccc2)cc1. The Kier molecular flexibility index (Phi) is 4.84. The molecular weight excluding hydrogens is 262 g/mol. The topological polar surface area (TPSA) is 42.2 Å². The molecular formula is C18H19NO2. The van der Waals surface area contributed by atoms with Crippen molar-refractivity contribution in [3.8, 4) is 23.3 Å². The summed E-state index contributed by atoms with van der Waals surface area (Å²) in [4.78, 5) is 0. The second kappa shape index (κ2) is 6.81. The van der Waals surface area contributed by atoms with Gasteiger partial charge >= 0.3 is 0 Å². The summed E-state index contributed by atoms with van der Waals surface area (Å²) in [5, 5.41) is 8.95. The summed E-state index contributed by atoms with van der Waals surface area (Å²) in [6.07, 6.45) is 0.700. The molecule has 0 saturated carbocycles. The first kappa shape index (κ1) is 14.9. The minimum absolute atomic E-state index is 0.351. The lowest BCUT2D eigenvalue weighted by molar-refractivity contribution is 0.264. The summed E-state index contributed by atoms with van der Waals surface area (Å²) in [5.41, 5.74) is -0.351. The highest BCUT2D eigenvalue weighted by Gasteiger charge is 2.16. The summed E-state index contributed by atoms with van der Waals surface area (Å²) in [6.45, 7) is 4.35. The minimum atomic E-state index is -0.351. The lowest BCUT2D eigenvalue weighted by Crippen LogP contribution is -2.13. The van der Waals surface area contributed by atoms with Crippen molar-refractivity contribution >= 4 is 0 Å². The third-order valence-electron chi connectivity index (χ3n) is 3.10. The fourth-order valence-corrected chi connectivity index (χ4v) is 1.71. The van der Waals surface area contributed by atoms with E-state index in [1.807, 2.05) is 68.4 Å². The van der Waals surface area contributed by atoms with E-state index in [4.69, 9.17) is 14.7 Å². The second-order valence-electron chi connectivity index (χ2n) is 5.48. The van der Waals surface area contributed by atoms with Crippen LogP contribution in [0, 0.1) is 16.7 Å². The number of hydrogen-bond donors (Lipinski definition) is 0. The molecule has 3 nitrogen and oxygen atoms in total. The van der Waals surface area contributed by atoms with E-state index in [-0.39, 0.29) is 5.41 Å². The first-order valence-electron chi connectivity index (χ1n) is 6.96. The van der Waals surface area contributed by atoms with Gasteiger partial charge in [-0.15, -0.1) is 0 Å². The first-order valence-corrected chi connectivity index (χ1v) is 6.96. The Morgan fingerprint density at radius 1 is 0.905 bits per heavy atom. The Balaban J connectivity index is 1.86. The predicted octanol–water partition coefficient (Wildman–Crippen LogP) is 4.80. The highest BCUT2D eigenvalue weighted by molar-refractivity contribution is 5.35. The van der Waals surface area contributed by atoms with Crippen LogP contribution in [0.4, 0.5) is 0 Å². The van der Waals surface area contributed by atoms with Crippen molar-refractivity contribution in [2.75, 3.05) is 6.61 Å². The zero-order valence-electron chi connectivity index (χ0n) is 12.4. The molecule has 0 aliphatic rings. The van der Waals surface area contributed by atoms with Gasteiger partial charge in [-0.25, -0.2) is 0 Å². The van der Waals surface area contributed by atoms with Crippen LogP contribution in [0.3, 0.4) is 0 Å². The van der Waals surface area contributed by atoms with Gasteiger partial charge < -0.3 is 9.47 Å². The lowest BCUT2D eigenvalue weighted by Gasteiger charge is -2.15. The monoisotopic (exact) mass is 281 g/mol. The van der Waals surface area contributed by atoms with Gasteiger partial charge in [0.2, 0.25) is 0 Å². The average molecular weight is 281 g/mol. The van der Waals surface area contributed by atoms with Gasteiger partial charge in [-0.3, -0.25) is 0 Å². The Morgan fingerprint density at radius 3 is 2.10 bits per heavy atom. The maximum atomic E-state index is 8.95. The van der Waals surface area contributed by atoms with Gasteiger partial charge in [-0.1, -0.05) is 18.2 Å². The molecule has 0 unspecified atom stereocenters. The lowest BCUT2D eigenvalue weighted by atomic mass is 9.92. The van der Waals surface area contributed by atoms with Crippen LogP contribution in [0.2, 0.25) is 0 Å². The first-order chi connectivity index (χ1) is 10.1. The quantitative estimate of drug-likeness (QED) is 0.764. The summed E-state index contributed by atoms with van der Waals surface area (Å²) >= 11 is 0. The van der Waals surface area contributed by atoms with Crippen LogP contribution < -0.4 is 9.47 Å². The Morgan fingerprint density at radius 2 is 1.48 bits per heavy atom. The van der Waals surface area contributed by atoms with Gasteiger partial charge in [0.1, 0.15) is 17.2 Å². The average Bonchev–Trinajstić information content (AvgIpc) is 2.50. The maximum absolute atomic E-state index is 8.95. The van der Waals surface area contributed by atoms with Crippen LogP contribution in [-0.2, 0) is 0 Å². The van der Waals surface area contributed by atoms with Crippen LogP contribution in [0.15, 0.2) is 54.6 Å². The van der Waals surface area contributed by atoms with Crippen molar-refractivity contribution in [3.05, 3.63) is 54.6 Å². The summed E-state index contributed by atoms with van der Waals surface area (Å²) in [6, 6.07) is 19.4. The zero-order chi connectivity index (χ0) is 15.1. The standard InChI is InChI=1S/C18H19NO2/c1-18(2,14-19)12-13-20-15-8-10-17(11-9-15)21-16-6-4-3-5-7-16/h3-11H,12-13H2,1-2H3. The predicted molar refractivity (Wildman–Crippen MR) is 82.5 cm³/mol. The molecule has 0 atom stereocenters. The number of nitrogens with zero attached hydrogens (tertiary/aromatic N) is 1. The molecule has 0 bridgehead atoms. The van der Waals surface area contributed by atoms with Crippen LogP contribution in [0.5, 0.6) is 17.2 Å². The van der Waals surface area contributed by atoms with Crippen molar-refractivity contribution in [1.82, 2.24) is 0 Å². The smallest absolute Gasteiger partial charge is 0.127 e. The number of hydrogen-bond acceptors (Lipinski definition) is 3. The molecule has 2 rings (SSSR count). The molecule has 2 aromatic rings. The second-order valence-corrected chi connectivity index (χ2v) is 5.48. The number of ether oxygens (including phenoxy) is 2. The van der Waals surface area contributed by atoms with Crippen molar-refractivity contribution in [2.24, 2.45) is 5.41 Å². The van der Waals surface area contributed by atoms with E-state index in [0.29, 0.717) is 13.0 Å². The molecule has 0 amide bonds. The van der Waals surface area contributed by atoms with Crippen LogP contribution >= 0.6 is 0 Å². The summed E-state index contributed by atoms with van der Waals surface area (Å²) < 4.78 is 11.4. The Bertz CT molecular complexity index is 597. The van der Waals surface area contributed by atoms with Crippen molar-refractivity contribution < 1.29 is 9.47 Å². The molecule has 21 heavy (non-hydrogen) atoms. The van der Waals surface area contributed by atoms with Gasteiger partial charge in [0.15, 0.2) is 0 Å². The molecule has 0 aliphatic carbocycles. The molecule has 0 N–H and O–H groups in total. The number of nitriles is 1. The number of rotatable bonds is 6. The molecule has 108 valence electrons. The van der Waals surface area contributed by atoms with Crippen LogP contribution in [0.25, 0.3) is 0 Å². The largest absolute Gasteiger partial charge is 0.494 e. The van der Waals surface area contributed by atoms with Gasteiger partial charge in [0.25, 0.3) is 0 Å². The van der Waals surface area contributed by atoms with E-state index in [1.165, 1.54) is 0 Å². The van der Waals surface area contributed by atoms with Gasteiger partial charge in [-0.2, -0.15) is 5.26 Å². The van der Waals surface area contributed by atoms with Gasteiger partial charge in [0.05, 0.1) is 18.1 Å². The number of para-hydroxylation sites is 1. The molecule has 0 fully saturated rings. The van der Waals surface area contributed by atoms with Crippen LogP contribution in [0.1, 0.15) is 20.3 Å². The normalized spacial score (nSPS) is 10.7. The molecule has 0 radical (unpaired) electrons. The minimum Gasteiger partial charge on any atom is -0.494 e. The third-order valence-corrected chi connectivity index (χ3v) is 3.10. The number of benzene rings is 2. The molecule has 0 heterocycles. The van der Waals surface area contributed by atoms with Crippen molar-refractivity contribution in [1.29, 1.82) is 5.26 Å². The highest BCUT2D eigenvalue weighted by atomic mass is 16.5. The zero-order valence-corrected chi connectivity index (χ0v) is 12.4. The van der Waals surface area contributed by atoms with E-state index >= 15 is 0 Å². The summed E-state index contributed by atoms with van der Waals surface area (Å²) in [5.74, 6) is 2.36. The molecule has 3 heteroatoms. The van der Waals surface area contributed by atoms with E-state index in [0.717, 1.165) is 17.2 Å². The third kappa shape index (κ3) is 4.85. The summed E-state index contributed by atoms with van der Waals surface area (Å²) in [7, 11) is 0. The highest BCUT2D eigenvalue weighted by Crippen LogP contribution is 2.24. The van der Waals surface area contributed by atoms with Gasteiger partial charge in [0, 0.05) is 0 Å². The molecule has 0 aliphatic heterocycles. The van der Waals surface area contributed by atoms with Crippen molar-refractivity contribution in [3.63, 3.8) is 0 Å². The Hall–Kier alpha value is -2.47. The van der Waals surface area contributed by atoms with E-state index in [9.17, 15) is 0 Å². The fourth-order valence-electron chi connectivity index (χ4n) is 1.71.